The normalized spacial score (nSPS) is 14.8. The Labute approximate surface area is 189 Å². The van der Waals surface area contributed by atoms with Gasteiger partial charge in [-0.15, -0.1) is 0 Å². The number of rotatable bonds is 10. The first-order valence-corrected chi connectivity index (χ1v) is 12.2. The SMILES string of the molecule is CCCOc1ccccc1OCC(=O)N1CCN(S(=O)(=O)c2ccc(OCC)cc2)CC1. The first kappa shape index (κ1) is 23.9. The quantitative estimate of drug-likeness (QED) is 0.540. The number of amides is 1. The second kappa shape index (κ2) is 11.2. The first-order chi connectivity index (χ1) is 15.5. The lowest BCUT2D eigenvalue weighted by atomic mass is 10.3. The van der Waals surface area contributed by atoms with Crippen molar-refractivity contribution in [1.29, 1.82) is 0 Å². The van der Waals surface area contributed by atoms with Crippen LogP contribution >= 0.6 is 0 Å². The van der Waals surface area contributed by atoms with Crippen molar-refractivity contribution >= 4 is 15.9 Å². The Hall–Kier alpha value is -2.78. The molecular weight excluding hydrogens is 432 g/mol. The second-order valence-corrected chi connectivity index (χ2v) is 9.21. The van der Waals surface area contributed by atoms with Gasteiger partial charge in [0.1, 0.15) is 5.75 Å². The summed E-state index contributed by atoms with van der Waals surface area (Å²) in [6.45, 7) is 5.94. The number of ether oxygens (including phenoxy) is 3. The standard InChI is InChI=1S/C23H30N2O6S/c1-3-17-30-21-7-5-6-8-22(21)31-18-23(26)24-13-15-25(16-14-24)32(27,28)20-11-9-19(10-12-20)29-4-2/h5-12H,3-4,13-18H2,1-2H3. The molecular formula is C23H30N2O6S. The molecule has 1 aliphatic heterocycles. The van der Waals surface area contributed by atoms with Crippen LogP contribution in [-0.2, 0) is 14.8 Å². The summed E-state index contributed by atoms with van der Waals surface area (Å²) in [6, 6.07) is 13.6. The van der Waals surface area contributed by atoms with E-state index in [2.05, 4.69) is 0 Å². The predicted molar refractivity (Wildman–Crippen MR) is 121 cm³/mol. The lowest BCUT2D eigenvalue weighted by Gasteiger charge is -2.34. The van der Waals surface area contributed by atoms with Gasteiger partial charge in [0.2, 0.25) is 10.0 Å². The van der Waals surface area contributed by atoms with E-state index in [1.165, 1.54) is 4.31 Å². The molecule has 0 radical (unpaired) electrons. The van der Waals surface area contributed by atoms with Crippen molar-refractivity contribution < 1.29 is 27.4 Å². The summed E-state index contributed by atoms with van der Waals surface area (Å²) in [6.07, 6.45) is 0.872. The molecule has 2 aromatic rings. The Morgan fingerprint density at radius 3 is 2.09 bits per heavy atom. The Kier molecular flexibility index (Phi) is 8.35. The van der Waals surface area contributed by atoms with Crippen LogP contribution in [0.5, 0.6) is 17.2 Å². The molecule has 1 heterocycles. The summed E-state index contributed by atoms with van der Waals surface area (Å²) < 4.78 is 43.9. The summed E-state index contributed by atoms with van der Waals surface area (Å²) in [5.74, 6) is 1.57. The summed E-state index contributed by atoms with van der Waals surface area (Å²) in [5.41, 5.74) is 0. The highest BCUT2D eigenvalue weighted by atomic mass is 32.2. The maximum Gasteiger partial charge on any atom is 0.260 e. The van der Waals surface area contributed by atoms with Gasteiger partial charge in [-0.25, -0.2) is 8.42 Å². The average molecular weight is 463 g/mol. The number of sulfonamides is 1. The number of carbonyl (C=O) groups is 1. The van der Waals surface area contributed by atoms with Crippen LogP contribution < -0.4 is 14.2 Å². The number of carbonyl (C=O) groups excluding carboxylic acids is 1. The maximum atomic E-state index is 12.9. The smallest absolute Gasteiger partial charge is 0.260 e. The molecule has 1 aliphatic rings. The van der Waals surface area contributed by atoms with E-state index in [1.54, 1.807) is 41.3 Å². The molecule has 0 spiro atoms. The number of hydrogen-bond acceptors (Lipinski definition) is 6. The zero-order valence-corrected chi connectivity index (χ0v) is 19.3. The van der Waals surface area contributed by atoms with Crippen molar-refractivity contribution in [1.82, 2.24) is 9.21 Å². The molecule has 3 rings (SSSR count). The summed E-state index contributed by atoms with van der Waals surface area (Å²) in [5, 5.41) is 0. The van der Waals surface area contributed by atoms with Crippen molar-refractivity contribution in [3.05, 3.63) is 48.5 Å². The molecule has 174 valence electrons. The third kappa shape index (κ3) is 5.92. The predicted octanol–water partition coefficient (Wildman–Crippen LogP) is 2.79. The van der Waals surface area contributed by atoms with Crippen LogP contribution in [0.2, 0.25) is 0 Å². The van der Waals surface area contributed by atoms with Crippen LogP contribution in [0.3, 0.4) is 0 Å². The van der Waals surface area contributed by atoms with Crippen LogP contribution in [0.15, 0.2) is 53.4 Å². The molecule has 0 saturated carbocycles. The fourth-order valence-electron chi connectivity index (χ4n) is 3.33. The molecule has 0 bridgehead atoms. The topological polar surface area (TPSA) is 85.4 Å². The van der Waals surface area contributed by atoms with Gasteiger partial charge in [-0.2, -0.15) is 4.31 Å². The van der Waals surface area contributed by atoms with E-state index in [-0.39, 0.29) is 30.5 Å². The number of benzene rings is 2. The van der Waals surface area contributed by atoms with E-state index in [0.29, 0.717) is 43.6 Å². The van der Waals surface area contributed by atoms with Gasteiger partial charge >= 0.3 is 0 Å². The van der Waals surface area contributed by atoms with Crippen LogP contribution in [0.25, 0.3) is 0 Å². The third-order valence-electron chi connectivity index (χ3n) is 5.03. The highest BCUT2D eigenvalue weighted by Crippen LogP contribution is 2.27. The van der Waals surface area contributed by atoms with E-state index < -0.39 is 10.0 Å². The van der Waals surface area contributed by atoms with Crippen LogP contribution in [-0.4, -0.2) is 69.5 Å². The summed E-state index contributed by atoms with van der Waals surface area (Å²) in [7, 11) is -3.62. The maximum absolute atomic E-state index is 12.9. The van der Waals surface area contributed by atoms with Gasteiger partial charge < -0.3 is 19.1 Å². The monoisotopic (exact) mass is 462 g/mol. The number of piperazine rings is 1. The largest absolute Gasteiger partial charge is 0.494 e. The van der Waals surface area contributed by atoms with E-state index in [4.69, 9.17) is 14.2 Å². The van der Waals surface area contributed by atoms with Crippen LogP contribution in [0, 0.1) is 0 Å². The van der Waals surface area contributed by atoms with Crippen molar-refractivity contribution in [2.75, 3.05) is 46.0 Å². The molecule has 1 amide bonds. The molecule has 0 aromatic heterocycles. The lowest BCUT2D eigenvalue weighted by molar-refractivity contribution is -0.134. The minimum atomic E-state index is -3.62. The van der Waals surface area contributed by atoms with Gasteiger partial charge in [0, 0.05) is 26.2 Å². The Morgan fingerprint density at radius 1 is 0.875 bits per heavy atom. The number of hydrogen-bond donors (Lipinski definition) is 0. The van der Waals surface area contributed by atoms with E-state index in [9.17, 15) is 13.2 Å². The van der Waals surface area contributed by atoms with E-state index >= 15 is 0 Å². The Balaban J connectivity index is 1.53. The van der Waals surface area contributed by atoms with E-state index in [1.807, 2.05) is 26.0 Å². The minimum Gasteiger partial charge on any atom is -0.494 e. The zero-order chi connectivity index (χ0) is 23.0. The summed E-state index contributed by atoms with van der Waals surface area (Å²) >= 11 is 0. The van der Waals surface area contributed by atoms with Gasteiger partial charge in [-0.3, -0.25) is 4.79 Å². The highest BCUT2D eigenvalue weighted by Gasteiger charge is 2.30. The van der Waals surface area contributed by atoms with Crippen molar-refractivity contribution in [2.24, 2.45) is 0 Å². The average Bonchev–Trinajstić information content (AvgIpc) is 2.82. The van der Waals surface area contributed by atoms with Gasteiger partial charge in [0.15, 0.2) is 18.1 Å². The van der Waals surface area contributed by atoms with Gasteiger partial charge in [-0.1, -0.05) is 19.1 Å². The molecule has 8 nitrogen and oxygen atoms in total. The molecule has 9 heteroatoms. The number of nitrogens with zero attached hydrogens (tertiary/aromatic N) is 2. The van der Waals surface area contributed by atoms with Gasteiger partial charge in [0.25, 0.3) is 5.91 Å². The van der Waals surface area contributed by atoms with Crippen molar-refractivity contribution in [3.8, 4) is 17.2 Å². The summed E-state index contributed by atoms with van der Waals surface area (Å²) in [4.78, 5) is 14.4. The van der Waals surface area contributed by atoms with Crippen LogP contribution in [0.4, 0.5) is 0 Å². The fraction of sp³-hybridized carbons (Fsp3) is 0.435. The van der Waals surface area contributed by atoms with Crippen molar-refractivity contribution in [3.63, 3.8) is 0 Å². The third-order valence-corrected chi connectivity index (χ3v) is 6.94. The second-order valence-electron chi connectivity index (χ2n) is 7.27. The fourth-order valence-corrected chi connectivity index (χ4v) is 4.76. The molecule has 0 N–H and O–H groups in total. The number of para-hydroxylation sites is 2. The molecule has 0 unspecified atom stereocenters. The minimum absolute atomic E-state index is 0.127. The van der Waals surface area contributed by atoms with Crippen molar-refractivity contribution in [2.45, 2.75) is 25.2 Å². The molecule has 1 saturated heterocycles. The van der Waals surface area contributed by atoms with Crippen LogP contribution in [0.1, 0.15) is 20.3 Å². The molecule has 0 aliphatic carbocycles. The molecule has 32 heavy (non-hydrogen) atoms. The molecule has 0 atom stereocenters. The van der Waals surface area contributed by atoms with Gasteiger partial charge in [0.05, 0.1) is 18.1 Å². The Bertz CT molecular complexity index is 986. The highest BCUT2D eigenvalue weighted by molar-refractivity contribution is 7.89. The van der Waals surface area contributed by atoms with Gasteiger partial charge in [-0.05, 0) is 49.7 Å². The zero-order valence-electron chi connectivity index (χ0n) is 18.5. The van der Waals surface area contributed by atoms with E-state index in [0.717, 1.165) is 6.42 Å². The Morgan fingerprint density at radius 2 is 1.50 bits per heavy atom. The molecule has 1 fully saturated rings. The first-order valence-electron chi connectivity index (χ1n) is 10.8. The molecule has 2 aromatic carbocycles. The lowest BCUT2D eigenvalue weighted by Crippen LogP contribution is -2.51.